The standard InChI is InChI=1S/C19H19N5O2/c1-12-21-17-8-7-15(11-24(17)22-12)13-4-2-5-14(10-13)19(26)23-9-3-6-16(23)18(20)25/h2,4-5,7-8,10-11,16H,3,6,9H2,1H3,(H2,20,25)/t16-/m0/s1. The maximum atomic E-state index is 12.9. The van der Waals surface area contributed by atoms with Gasteiger partial charge in [-0.05, 0) is 49.6 Å². The molecule has 0 aliphatic carbocycles. The topological polar surface area (TPSA) is 93.6 Å². The zero-order chi connectivity index (χ0) is 18.3. The third kappa shape index (κ3) is 2.81. The largest absolute Gasteiger partial charge is 0.368 e. The second kappa shape index (κ2) is 6.25. The molecule has 1 atom stereocenters. The average Bonchev–Trinajstić information content (AvgIpc) is 3.26. The van der Waals surface area contributed by atoms with Gasteiger partial charge in [-0.25, -0.2) is 9.50 Å². The van der Waals surface area contributed by atoms with Crippen LogP contribution < -0.4 is 5.73 Å². The zero-order valence-electron chi connectivity index (χ0n) is 14.4. The lowest BCUT2D eigenvalue weighted by Crippen LogP contribution is -2.43. The molecule has 1 aromatic carbocycles. The Morgan fingerprint density at radius 3 is 2.85 bits per heavy atom. The molecule has 3 heterocycles. The van der Waals surface area contributed by atoms with Gasteiger partial charge in [-0.2, -0.15) is 5.10 Å². The summed E-state index contributed by atoms with van der Waals surface area (Å²) in [5, 5.41) is 4.33. The molecule has 1 fully saturated rings. The van der Waals surface area contributed by atoms with Crippen molar-refractivity contribution in [1.29, 1.82) is 0 Å². The number of hydrogen-bond acceptors (Lipinski definition) is 4. The van der Waals surface area contributed by atoms with Crippen LogP contribution in [0.25, 0.3) is 16.8 Å². The van der Waals surface area contributed by atoms with Crippen LogP contribution >= 0.6 is 0 Å². The van der Waals surface area contributed by atoms with Crippen LogP contribution in [-0.2, 0) is 4.79 Å². The Balaban J connectivity index is 1.67. The summed E-state index contributed by atoms with van der Waals surface area (Å²) in [5.41, 5.74) is 8.59. The summed E-state index contributed by atoms with van der Waals surface area (Å²) in [7, 11) is 0. The third-order valence-electron chi connectivity index (χ3n) is 4.72. The molecule has 1 aliphatic rings. The number of nitrogens with zero attached hydrogens (tertiary/aromatic N) is 4. The van der Waals surface area contributed by atoms with E-state index in [1.165, 1.54) is 0 Å². The van der Waals surface area contributed by atoms with Crippen molar-refractivity contribution in [2.45, 2.75) is 25.8 Å². The molecule has 0 spiro atoms. The van der Waals surface area contributed by atoms with Crippen LogP contribution in [0.15, 0.2) is 42.6 Å². The normalized spacial score (nSPS) is 17.0. The Morgan fingerprint density at radius 2 is 2.04 bits per heavy atom. The Hall–Kier alpha value is -3.22. The van der Waals surface area contributed by atoms with Gasteiger partial charge in [0.1, 0.15) is 11.9 Å². The predicted octanol–water partition coefficient (Wildman–Crippen LogP) is 1.79. The van der Waals surface area contributed by atoms with Crippen molar-refractivity contribution in [1.82, 2.24) is 19.5 Å². The number of nitrogens with two attached hydrogens (primary N) is 1. The quantitative estimate of drug-likeness (QED) is 0.780. The maximum absolute atomic E-state index is 12.9. The molecule has 4 rings (SSSR count). The van der Waals surface area contributed by atoms with E-state index in [9.17, 15) is 9.59 Å². The summed E-state index contributed by atoms with van der Waals surface area (Å²) in [6.45, 7) is 2.40. The molecule has 2 N–H and O–H groups in total. The first-order chi connectivity index (χ1) is 12.5. The van der Waals surface area contributed by atoms with Crippen molar-refractivity contribution >= 4 is 17.5 Å². The second-order valence-electron chi connectivity index (χ2n) is 6.52. The Kier molecular flexibility index (Phi) is 3.91. The van der Waals surface area contributed by atoms with Crippen LogP contribution in [0.1, 0.15) is 29.0 Å². The highest BCUT2D eigenvalue weighted by Gasteiger charge is 2.33. The Morgan fingerprint density at radius 1 is 1.19 bits per heavy atom. The molecule has 2 aromatic heterocycles. The van der Waals surface area contributed by atoms with E-state index in [0.29, 0.717) is 24.4 Å². The van der Waals surface area contributed by atoms with Gasteiger partial charge in [-0.15, -0.1) is 0 Å². The number of aromatic nitrogens is 3. The summed E-state index contributed by atoms with van der Waals surface area (Å²) >= 11 is 0. The monoisotopic (exact) mass is 349 g/mol. The molecule has 7 nitrogen and oxygen atoms in total. The van der Waals surface area contributed by atoms with E-state index < -0.39 is 11.9 Å². The smallest absolute Gasteiger partial charge is 0.254 e. The number of carbonyl (C=O) groups is 2. The number of aryl methyl sites for hydroxylation is 1. The van der Waals surface area contributed by atoms with Crippen LogP contribution in [0.4, 0.5) is 0 Å². The van der Waals surface area contributed by atoms with Gasteiger partial charge in [-0.1, -0.05) is 12.1 Å². The first kappa shape index (κ1) is 16.3. The van der Waals surface area contributed by atoms with Gasteiger partial charge >= 0.3 is 0 Å². The summed E-state index contributed by atoms with van der Waals surface area (Å²) in [6.07, 6.45) is 3.31. The molecule has 3 aromatic rings. The average molecular weight is 349 g/mol. The summed E-state index contributed by atoms with van der Waals surface area (Å²) in [6, 6.07) is 10.7. The van der Waals surface area contributed by atoms with Crippen LogP contribution in [0.2, 0.25) is 0 Å². The fourth-order valence-corrected chi connectivity index (χ4v) is 3.47. The molecule has 1 aliphatic heterocycles. The number of hydrogen-bond donors (Lipinski definition) is 1. The van der Waals surface area contributed by atoms with Gasteiger partial charge in [0, 0.05) is 23.9 Å². The van der Waals surface area contributed by atoms with E-state index in [0.717, 1.165) is 23.2 Å². The lowest BCUT2D eigenvalue weighted by Gasteiger charge is -2.22. The minimum Gasteiger partial charge on any atom is -0.368 e. The molecule has 0 unspecified atom stereocenters. The molecular weight excluding hydrogens is 330 g/mol. The van der Waals surface area contributed by atoms with Crippen molar-refractivity contribution in [3.63, 3.8) is 0 Å². The van der Waals surface area contributed by atoms with Crippen LogP contribution in [0.3, 0.4) is 0 Å². The highest BCUT2D eigenvalue weighted by molar-refractivity contribution is 5.98. The van der Waals surface area contributed by atoms with Crippen LogP contribution in [-0.4, -0.2) is 43.9 Å². The minimum atomic E-state index is -0.513. The van der Waals surface area contributed by atoms with Gasteiger partial charge in [0.25, 0.3) is 5.91 Å². The number of likely N-dealkylation sites (tertiary alicyclic amines) is 1. The van der Waals surface area contributed by atoms with Crippen LogP contribution in [0, 0.1) is 6.92 Å². The first-order valence-electron chi connectivity index (χ1n) is 8.57. The highest BCUT2D eigenvalue weighted by atomic mass is 16.2. The highest BCUT2D eigenvalue weighted by Crippen LogP contribution is 2.24. The number of carbonyl (C=O) groups excluding carboxylic acids is 2. The number of pyridine rings is 1. The SMILES string of the molecule is Cc1nc2ccc(-c3cccc(C(=O)N4CCC[C@H]4C(N)=O)c3)cn2n1. The van der Waals surface area contributed by atoms with Crippen molar-refractivity contribution in [2.75, 3.05) is 6.54 Å². The van der Waals surface area contributed by atoms with Gasteiger partial charge in [0.2, 0.25) is 5.91 Å². The van der Waals surface area contributed by atoms with E-state index >= 15 is 0 Å². The predicted molar refractivity (Wildman–Crippen MR) is 96.4 cm³/mol. The maximum Gasteiger partial charge on any atom is 0.254 e. The molecule has 0 radical (unpaired) electrons. The fraction of sp³-hybridized carbons (Fsp3) is 0.263. The molecule has 7 heteroatoms. The lowest BCUT2D eigenvalue weighted by atomic mass is 10.0. The molecule has 26 heavy (non-hydrogen) atoms. The van der Waals surface area contributed by atoms with Gasteiger partial charge in [0.05, 0.1) is 0 Å². The summed E-state index contributed by atoms with van der Waals surface area (Å²) in [4.78, 5) is 30.3. The molecule has 2 amide bonds. The number of benzene rings is 1. The van der Waals surface area contributed by atoms with Crippen molar-refractivity contribution in [2.24, 2.45) is 5.73 Å². The number of fused-ring (bicyclic) bond motifs is 1. The first-order valence-corrected chi connectivity index (χ1v) is 8.57. The van der Waals surface area contributed by atoms with Gasteiger partial charge in [0.15, 0.2) is 5.65 Å². The van der Waals surface area contributed by atoms with E-state index in [2.05, 4.69) is 10.1 Å². The number of amides is 2. The number of rotatable bonds is 3. The van der Waals surface area contributed by atoms with E-state index in [4.69, 9.17) is 5.73 Å². The molecular formula is C19H19N5O2. The van der Waals surface area contributed by atoms with E-state index in [1.807, 2.05) is 43.5 Å². The summed E-state index contributed by atoms with van der Waals surface area (Å²) in [5.74, 6) is 0.0995. The van der Waals surface area contributed by atoms with Crippen molar-refractivity contribution in [3.8, 4) is 11.1 Å². The molecule has 132 valence electrons. The minimum absolute atomic E-state index is 0.161. The fourth-order valence-electron chi connectivity index (χ4n) is 3.47. The molecule has 1 saturated heterocycles. The van der Waals surface area contributed by atoms with E-state index in [-0.39, 0.29) is 5.91 Å². The Labute approximate surface area is 150 Å². The zero-order valence-corrected chi connectivity index (χ0v) is 14.4. The van der Waals surface area contributed by atoms with Gasteiger partial charge < -0.3 is 10.6 Å². The van der Waals surface area contributed by atoms with Crippen LogP contribution in [0.5, 0.6) is 0 Å². The third-order valence-corrected chi connectivity index (χ3v) is 4.72. The molecule has 0 saturated carbocycles. The number of primary amides is 1. The van der Waals surface area contributed by atoms with Gasteiger partial charge in [-0.3, -0.25) is 9.59 Å². The van der Waals surface area contributed by atoms with Crippen molar-refractivity contribution < 1.29 is 9.59 Å². The van der Waals surface area contributed by atoms with E-state index in [1.54, 1.807) is 15.5 Å². The molecule has 0 bridgehead atoms. The Bertz CT molecular complexity index is 1010. The summed E-state index contributed by atoms with van der Waals surface area (Å²) < 4.78 is 1.72. The lowest BCUT2D eigenvalue weighted by molar-refractivity contribution is -0.121. The second-order valence-corrected chi connectivity index (χ2v) is 6.52. The van der Waals surface area contributed by atoms with Crippen molar-refractivity contribution in [3.05, 3.63) is 54.0 Å².